The molecule has 1 aromatic heterocycles. The van der Waals surface area contributed by atoms with Crippen molar-refractivity contribution in [3.8, 4) is 11.6 Å². The van der Waals surface area contributed by atoms with Crippen LogP contribution in [-0.2, 0) is 0 Å². The zero-order valence-electron chi connectivity index (χ0n) is 9.60. The molecule has 0 saturated heterocycles. The minimum Gasteiger partial charge on any atom is -0.439 e. The van der Waals surface area contributed by atoms with Gasteiger partial charge in [-0.25, -0.2) is 4.98 Å². The topological polar surface area (TPSA) is 42.4 Å². The van der Waals surface area contributed by atoms with Gasteiger partial charge in [0.15, 0.2) is 0 Å². The Morgan fingerprint density at radius 3 is 2.67 bits per heavy atom. The molecule has 0 bridgehead atoms. The van der Waals surface area contributed by atoms with E-state index >= 15 is 0 Å². The quantitative estimate of drug-likeness (QED) is 0.916. The van der Waals surface area contributed by atoms with Crippen LogP contribution >= 0.6 is 23.2 Å². The molecule has 0 spiro atoms. The van der Waals surface area contributed by atoms with Crippen molar-refractivity contribution >= 4 is 23.2 Å². The SMILES string of the molecule is C[C@@H](O)c1cccnc1Oc1ccc(Cl)c(Cl)c1. The summed E-state index contributed by atoms with van der Waals surface area (Å²) >= 11 is 11.7. The first-order valence-corrected chi connectivity index (χ1v) is 6.09. The van der Waals surface area contributed by atoms with E-state index in [9.17, 15) is 5.11 Å². The Bertz CT molecular complexity index is 558. The second-order valence-electron chi connectivity index (χ2n) is 3.75. The fraction of sp³-hybridized carbons (Fsp3) is 0.154. The molecule has 0 amide bonds. The van der Waals surface area contributed by atoms with Gasteiger partial charge in [-0.3, -0.25) is 0 Å². The van der Waals surface area contributed by atoms with Gasteiger partial charge in [-0.2, -0.15) is 0 Å². The summed E-state index contributed by atoms with van der Waals surface area (Å²) in [5.41, 5.74) is 0.614. The van der Waals surface area contributed by atoms with Crippen LogP contribution in [-0.4, -0.2) is 10.1 Å². The van der Waals surface area contributed by atoms with Crippen LogP contribution in [0.2, 0.25) is 10.0 Å². The molecule has 1 N–H and O–H groups in total. The lowest BCUT2D eigenvalue weighted by Crippen LogP contribution is -1.98. The van der Waals surface area contributed by atoms with E-state index in [0.29, 0.717) is 27.2 Å². The van der Waals surface area contributed by atoms with E-state index in [1.54, 1.807) is 43.5 Å². The Hall–Kier alpha value is -1.29. The number of aliphatic hydroxyl groups excluding tert-OH is 1. The average molecular weight is 284 g/mol. The molecule has 5 heteroatoms. The van der Waals surface area contributed by atoms with Crippen molar-refractivity contribution in [1.82, 2.24) is 4.98 Å². The van der Waals surface area contributed by atoms with Crippen LogP contribution in [0.1, 0.15) is 18.6 Å². The Morgan fingerprint density at radius 1 is 1.22 bits per heavy atom. The van der Waals surface area contributed by atoms with Gasteiger partial charge in [0.2, 0.25) is 5.88 Å². The van der Waals surface area contributed by atoms with Gasteiger partial charge in [0.05, 0.1) is 16.1 Å². The summed E-state index contributed by atoms with van der Waals surface area (Å²) in [6.45, 7) is 1.65. The molecule has 1 aromatic carbocycles. The van der Waals surface area contributed by atoms with Crippen molar-refractivity contribution in [3.63, 3.8) is 0 Å². The minimum atomic E-state index is -0.656. The molecule has 0 saturated carbocycles. The van der Waals surface area contributed by atoms with Gasteiger partial charge in [0, 0.05) is 17.8 Å². The van der Waals surface area contributed by atoms with E-state index in [0.717, 1.165) is 0 Å². The number of hydrogen-bond donors (Lipinski definition) is 1. The summed E-state index contributed by atoms with van der Waals surface area (Å²) in [4.78, 5) is 4.09. The Balaban J connectivity index is 2.31. The Kier molecular flexibility index (Phi) is 4.07. The third-order valence-corrected chi connectivity index (χ3v) is 3.10. The number of pyridine rings is 1. The number of aromatic nitrogens is 1. The van der Waals surface area contributed by atoms with E-state index in [4.69, 9.17) is 27.9 Å². The predicted molar refractivity (Wildman–Crippen MR) is 71.4 cm³/mol. The molecule has 1 atom stereocenters. The average Bonchev–Trinajstić information content (AvgIpc) is 2.34. The number of aliphatic hydroxyl groups is 1. The number of rotatable bonds is 3. The van der Waals surface area contributed by atoms with Crippen LogP contribution in [0.4, 0.5) is 0 Å². The summed E-state index contributed by atoms with van der Waals surface area (Å²) in [6.07, 6.45) is 0.940. The Labute approximate surface area is 115 Å². The van der Waals surface area contributed by atoms with Gasteiger partial charge in [-0.05, 0) is 31.2 Å². The highest BCUT2D eigenvalue weighted by molar-refractivity contribution is 6.42. The minimum absolute atomic E-state index is 0.353. The summed E-state index contributed by atoms with van der Waals surface area (Å²) in [6, 6.07) is 8.43. The van der Waals surface area contributed by atoms with Gasteiger partial charge in [0.25, 0.3) is 0 Å². The van der Waals surface area contributed by atoms with Gasteiger partial charge in [0.1, 0.15) is 5.75 Å². The summed E-state index contributed by atoms with van der Waals surface area (Å²) in [5, 5.41) is 10.5. The lowest BCUT2D eigenvalue weighted by Gasteiger charge is -2.11. The highest BCUT2D eigenvalue weighted by atomic mass is 35.5. The predicted octanol–water partition coefficient (Wildman–Crippen LogP) is 4.23. The smallest absolute Gasteiger partial charge is 0.225 e. The molecule has 2 rings (SSSR count). The van der Waals surface area contributed by atoms with E-state index in [1.165, 1.54) is 0 Å². The molecule has 1 heterocycles. The first kappa shape index (κ1) is 13.1. The highest BCUT2D eigenvalue weighted by Gasteiger charge is 2.11. The van der Waals surface area contributed by atoms with E-state index in [-0.39, 0.29) is 0 Å². The molecule has 0 radical (unpaired) electrons. The number of halogens is 2. The molecule has 0 unspecified atom stereocenters. The van der Waals surface area contributed by atoms with Crippen LogP contribution in [0, 0.1) is 0 Å². The zero-order valence-corrected chi connectivity index (χ0v) is 11.1. The van der Waals surface area contributed by atoms with E-state index in [1.807, 2.05) is 0 Å². The Morgan fingerprint density at radius 2 is 2.00 bits per heavy atom. The maximum Gasteiger partial charge on any atom is 0.225 e. The monoisotopic (exact) mass is 283 g/mol. The van der Waals surface area contributed by atoms with Crippen molar-refractivity contribution in [1.29, 1.82) is 0 Å². The first-order valence-electron chi connectivity index (χ1n) is 5.34. The van der Waals surface area contributed by atoms with Crippen LogP contribution in [0.15, 0.2) is 36.5 Å². The molecule has 0 aliphatic carbocycles. The fourth-order valence-electron chi connectivity index (χ4n) is 1.46. The van der Waals surface area contributed by atoms with Gasteiger partial charge in [-0.15, -0.1) is 0 Å². The second kappa shape index (κ2) is 5.57. The normalized spacial score (nSPS) is 12.2. The largest absolute Gasteiger partial charge is 0.439 e. The molecule has 94 valence electrons. The molecular weight excluding hydrogens is 273 g/mol. The van der Waals surface area contributed by atoms with Crippen molar-refractivity contribution < 1.29 is 9.84 Å². The van der Waals surface area contributed by atoms with E-state index in [2.05, 4.69) is 4.98 Å². The van der Waals surface area contributed by atoms with Crippen LogP contribution in [0.25, 0.3) is 0 Å². The van der Waals surface area contributed by atoms with Crippen molar-refractivity contribution in [2.75, 3.05) is 0 Å². The molecule has 0 aliphatic heterocycles. The van der Waals surface area contributed by atoms with Crippen LogP contribution in [0.5, 0.6) is 11.6 Å². The first-order chi connectivity index (χ1) is 8.58. The lowest BCUT2D eigenvalue weighted by atomic mass is 10.2. The van der Waals surface area contributed by atoms with Crippen molar-refractivity contribution in [3.05, 3.63) is 52.1 Å². The van der Waals surface area contributed by atoms with Gasteiger partial charge in [-0.1, -0.05) is 23.2 Å². The fourth-order valence-corrected chi connectivity index (χ4v) is 1.75. The van der Waals surface area contributed by atoms with Gasteiger partial charge >= 0.3 is 0 Å². The third-order valence-electron chi connectivity index (χ3n) is 2.36. The third kappa shape index (κ3) is 2.93. The number of ether oxygens (including phenoxy) is 1. The van der Waals surface area contributed by atoms with Crippen molar-refractivity contribution in [2.24, 2.45) is 0 Å². The van der Waals surface area contributed by atoms with Crippen LogP contribution in [0.3, 0.4) is 0 Å². The molecule has 18 heavy (non-hydrogen) atoms. The molecule has 3 nitrogen and oxygen atoms in total. The second-order valence-corrected chi connectivity index (χ2v) is 4.57. The van der Waals surface area contributed by atoms with Crippen LogP contribution < -0.4 is 4.74 Å². The van der Waals surface area contributed by atoms with Crippen molar-refractivity contribution in [2.45, 2.75) is 13.0 Å². The number of nitrogens with zero attached hydrogens (tertiary/aromatic N) is 1. The highest BCUT2D eigenvalue weighted by Crippen LogP contribution is 2.31. The standard InChI is InChI=1S/C13H11Cl2NO2/c1-8(17)10-3-2-6-16-13(10)18-9-4-5-11(14)12(15)7-9/h2-8,17H,1H3/t8-/m1/s1. The summed E-state index contributed by atoms with van der Waals surface area (Å²) in [5.74, 6) is 0.871. The van der Waals surface area contributed by atoms with E-state index < -0.39 is 6.10 Å². The zero-order chi connectivity index (χ0) is 13.1. The lowest BCUT2D eigenvalue weighted by molar-refractivity contribution is 0.194. The number of hydrogen-bond acceptors (Lipinski definition) is 3. The molecule has 2 aromatic rings. The molecular formula is C13H11Cl2NO2. The summed E-state index contributed by atoms with van der Waals surface area (Å²) < 4.78 is 5.59. The molecule has 0 fully saturated rings. The number of benzene rings is 1. The summed E-state index contributed by atoms with van der Waals surface area (Å²) in [7, 11) is 0. The maximum absolute atomic E-state index is 9.61. The maximum atomic E-state index is 9.61. The molecule has 0 aliphatic rings. The van der Waals surface area contributed by atoms with Gasteiger partial charge < -0.3 is 9.84 Å².